The van der Waals surface area contributed by atoms with Gasteiger partial charge >= 0.3 is 0 Å². The molecule has 0 radical (unpaired) electrons. The summed E-state index contributed by atoms with van der Waals surface area (Å²) in [5.74, 6) is 3.01. The lowest BCUT2D eigenvalue weighted by atomic mass is 10.1. The van der Waals surface area contributed by atoms with Crippen molar-refractivity contribution in [1.29, 1.82) is 0 Å². The lowest BCUT2D eigenvalue weighted by molar-refractivity contribution is 0.297. The Kier molecular flexibility index (Phi) is 6.54. The van der Waals surface area contributed by atoms with Gasteiger partial charge in [0.2, 0.25) is 0 Å². The maximum Gasteiger partial charge on any atom is 0.161 e. The Morgan fingerprint density at radius 3 is 2.80 bits per heavy atom. The van der Waals surface area contributed by atoms with Crippen molar-refractivity contribution >= 4 is 11.8 Å². The average Bonchev–Trinajstić information content (AvgIpc) is 2.71. The monoisotopic (exact) mass is 295 g/mol. The Morgan fingerprint density at radius 1 is 1.20 bits per heavy atom. The highest BCUT2D eigenvalue weighted by atomic mass is 32.2. The van der Waals surface area contributed by atoms with Gasteiger partial charge in [-0.1, -0.05) is 6.07 Å². The van der Waals surface area contributed by atoms with Crippen LogP contribution in [0.5, 0.6) is 11.5 Å². The summed E-state index contributed by atoms with van der Waals surface area (Å²) in [6, 6.07) is 6.62. The third kappa shape index (κ3) is 4.60. The molecule has 1 unspecified atom stereocenters. The molecule has 4 heteroatoms. The molecule has 0 amide bonds. The average molecular weight is 295 g/mol. The number of fused-ring (bicyclic) bond motifs is 1. The second kappa shape index (κ2) is 8.42. The van der Waals surface area contributed by atoms with Crippen molar-refractivity contribution in [2.75, 3.05) is 31.8 Å². The van der Waals surface area contributed by atoms with Crippen LogP contribution in [0.3, 0.4) is 0 Å². The third-order valence-electron chi connectivity index (χ3n) is 3.50. The Hall–Kier alpha value is -0.870. The fourth-order valence-electron chi connectivity index (χ4n) is 2.26. The number of ether oxygens (including phenoxy) is 2. The summed E-state index contributed by atoms with van der Waals surface area (Å²) in [5.41, 5.74) is 1.26. The van der Waals surface area contributed by atoms with E-state index in [2.05, 4.69) is 30.6 Å². The molecule has 3 nitrogen and oxygen atoms in total. The van der Waals surface area contributed by atoms with Crippen LogP contribution in [0.25, 0.3) is 0 Å². The lowest BCUT2D eigenvalue weighted by Crippen LogP contribution is -2.20. The molecule has 0 aromatic heterocycles. The number of hydrogen-bond donors (Lipinski definition) is 1. The van der Waals surface area contributed by atoms with Gasteiger partial charge in [0.05, 0.1) is 13.2 Å². The summed E-state index contributed by atoms with van der Waals surface area (Å²) >= 11 is 1.92. The van der Waals surface area contributed by atoms with Crippen molar-refractivity contribution in [2.24, 2.45) is 0 Å². The van der Waals surface area contributed by atoms with Crippen LogP contribution in [-0.4, -0.2) is 31.8 Å². The summed E-state index contributed by atoms with van der Waals surface area (Å²) in [7, 11) is 0. The highest BCUT2D eigenvalue weighted by Crippen LogP contribution is 2.32. The number of unbranched alkanes of at least 4 members (excludes halogenated alkanes) is 1. The minimum atomic E-state index is 0.349. The van der Waals surface area contributed by atoms with Crippen molar-refractivity contribution in [3.63, 3.8) is 0 Å². The maximum atomic E-state index is 5.74. The molecule has 20 heavy (non-hydrogen) atoms. The van der Waals surface area contributed by atoms with Gasteiger partial charge in [-0.15, -0.1) is 0 Å². The van der Waals surface area contributed by atoms with Gasteiger partial charge in [0.1, 0.15) is 0 Å². The van der Waals surface area contributed by atoms with Crippen LogP contribution in [0, 0.1) is 0 Å². The van der Waals surface area contributed by atoms with Gasteiger partial charge in [-0.3, -0.25) is 0 Å². The molecular weight excluding hydrogens is 270 g/mol. The molecule has 1 N–H and O–H groups in total. The van der Waals surface area contributed by atoms with E-state index in [4.69, 9.17) is 9.47 Å². The molecule has 0 spiro atoms. The Bertz CT molecular complexity index is 411. The first-order chi connectivity index (χ1) is 9.81. The van der Waals surface area contributed by atoms with Crippen LogP contribution >= 0.6 is 11.8 Å². The number of nitrogens with one attached hydrogen (secondary N) is 1. The molecule has 1 heterocycles. The van der Waals surface area contributed by atoms with Gasteiger partial charge in [-0.05, 0) is 56.0 Å². The highest BCUT2D eigenvalue weighted by molar-refractivity contribution is 7.98. The molecule has 0 saturated carbocycles. The van der Waals surface area contributed by atoms with E-state index in [1.807, 2.05) is 17.8 Å². The standard InChI is InChI=1S/C16H25NO2S/c1-13(17-8-3-4-11-20-2)14-6-7-15-16(12-14)19-10-5-9-18-15/h6-7,12-13,17H,3-5,8-11H2,1-2H3. The third-order valence-corrected chi connectivity index (χ3v) is 4.19. The van der Waals surface area contributed by atoms with E-state index in [0.29, 0.717) is 6.04 Å². The Labute approximate surface area is 126 Å². The molecule has 112 valence electrons. The first-order valence-electron chi connectivity index (χ1n) is 7.43. The Morgan fingerprint density at radius 2 is 2.00 bits per heavy atom. The first kappa shape index (κ1) is 15.5. The van der Waals surface area contributed by atoms with Gasteiger partial charge in [0, 0.05) is 12.5 Å². The van der Waals surface area contributed by atoms with Crippen molar-refractivity contribution in [1.82, 2.24) is 5.32 Å². The zero-order chi connectivity index (χ0) is 14.2. The highest BCUT2D eigenvalue weighted by Gasteiger charge is 2.13. The van der Waals surface area contributed by atoms with Crippen molar-refractivity contribution < 1.29 is 9.47 Å². The summed E-state index contributed by atoms with van der Waals surface area (Å²) < 4.78 is 11.4. The first-order valence-corrected chi connectivity index (χ1v) is 8.82. The van der Waals surface area contributed by atoms with Crippen molar-refractivity contribution in [2.45, 2.75) is 32.2 Å². The Balaban J connectivity index is 1.86. The summed E-state index contributed by atoms with van der Waals surface area (Å²) in [6.45, 7) is 4.76. The fraction of sp³-hybridized carbons (Fsp3) is 0.625. The van der Waals surface area contributed by atoms with E-state index in [0.717, 1.165) is 37.7 Å². The topological polar surface area (TPSA) is 30.5 Å². The van der Waals surface area contributed by atoms with E-state index in [9.17, 15) is 0 Å². The van der Waals surface area contributed by atoms with Gasteiger partial charge < -0.3 is 14.8 Å². The van der Waals surface area contributed by atoms with Gasteiger partial charge in [-0.25, -0.2) is 0 Å². The van der Waals surface area contributed by atoms with Gasteiger partial charge in [0.15, 0.2) is 11.5 Å². The van der Waals surface area contributed by atoms with E-state index >= 15 is 0 Å². The van der Waals surface area contributed by atoms with Crippen LogP contribution in [0.15, 0.2) is 18.2 Å². The molecule has 1 aliphatic heterocycles. The molecule has 0 aliphatic carbocycles. The lowest BCUT2D eigenvalue weighted by Gasteiger charge is -2.16. The van der Waals surface area contributed by atoms with Crippen LogP contribution in [0.2, 0.25) is 0 Å². The second-order valence-corrected chi connectivity index (χ2v) is 6.12. The second-order valence-electron chi connectivity index (χ2n) is 5.13. The summed E-state index contributed by atoms with van der Waals surface area (Å²) in [6.07, 6.45) is 5.62. The maximum absolute atomic E-state index is 5.74. The van der Waals surface area contributed by atoms with Crippen LogP contribution in [0.1, 0.15) is 37.8 Å². The van der Waals surface area contributed by atoms with Crippen LogP contribution < -0.4 is 14.8 Å². The molecule has 1 aliphatic rings. The normalized spacial score (nSPS) is 15.7. The van der Waals surface area contributed by atoms with Crippen molar-refractivity contribution in [3.05, 3.63) is 23.8 Å². The smallest absolute Gasteiger partial charge is 0.161 e. The van der Waals surface area contributed by atoms with E-state index < -0.39 is 0 Å². The largest absolute Gasteiger partial charge is 0.490 e. The molecule has 0 fully saturated rings. The minimum absolute atomic E-state index is 0.349. The van der Waals surface area contributed by atoms with Gasteiger partial charge in [-0.2, -0.15) is 11.8 Å². The summed E-state index contributed by atoms with van der Waals surface area (Å²) in [5, 5.41) is 3.57. The van der Waals surface area contributed by atoms with Crippen LogP contribution in [-0.2, 0) is 0 Å². The number of thioether (sulfide) groups is 1. The predicted octanol–water partition coefficient (Wildman–Crippen LogP) is 3.64. The van der Waals surface area contributed by atoms with Crippen LogP contribution in [0.4, 0.5) is 0 Å². The quantitative estimate of drug-likeness (QED) is 0.778. The summed E-state index contributed by atoms with van der Waals surface area (Å²) in [4.78, 5) is 0. The number of hydrogen-bond acceptors (Lipinski definition) is 4. The molecule has 1 aromatic rings. The minimum Gasteiger partial charge on any atom is -0.490 e. The molecule has 0 saturated heterocycles. The number of benzene rings is 1. The molecule has 0 bridgehead atoms. The SMILES string of the molecule is CSCCCCNC(C)c1ccc2c(c1)OCCCO2. The molecule has 1 atom stereocenters. The predicted molar refractivity (Wildman–Crippen MR) is 86.1 cm³/mol. The zero-order valence-corrected chi connectivity index (χ0v) is 13.3. The molecular formula is C16H25NO2S. The van der Waals surface area contributed by atoms with E-state index in [1.54, 1.807) is 0 Å². The van der Waals surface area contributed by atoms with Gasteiger partial charge in [0.25, 0.3) is 0 Å². The zero-order valence-electron chi connectivity index (χ0n) is 12.5. The number of rotatable bonds is 7. The molecule has 1 aromatic carbocycles. The van der Waals surface area contributed by atoms with E-state index in [-0.39, 0.29) is 0 Å². The van der Waals surface area contributed by atoms with E-state index in [1.165, 1.54) is 24.2 Å². The molecule has 2 rings (SSSR count). The fourth-order valence-corrected chi connectivity index (χ4v) is 2.75. The van der Waals surface area contributed by atoms with Crippen molar-refractivity contribution in [3.8, 4) is 11.5 Å².